The molecule has 2 aromatic heterocycles. The normalized spacial score (nSPS) is 13.4. The third-order valence-corrected chi connectivity index (χ3v) is 9.52. The van der Waals surface area contributed by atoms with E-state index >= 15 is 0 Å². The van der Waals surface area contributed by atoms with Crippen LogP contribution in [-0.4, -0.2) is 11.4 Å². The summed E-state index contributed by atoms with van der Waals surface area (Å²) in [4.78, 5) is 2.58. The SMILES string of the molecule is Cc1cc2c3c(c1)-n1c4ccccc4c4cccc(c41)B3N(c1ccccc1C)c1c-2ccc2c1oc1ccccc12. The summed E-state index contributed by atoms with van der Waals surface area (Å²) >= 11 is 0. The van der Waals surface area contributed by atoms with E-state index in [0.717, 1.165) is 27.6 Å². The van der Waals surface area contributed by atoms with E-state index in [4.69, 9.17) is 4.42 Å². The second-order valence-corrected chi connectivity index (χ2v) is 11.8. The summed E-state index contributed by atoms with van der Waals surface area (Å²) < 4.78 is 9.29. The zero-order chi connectivity index (χ0) is 27.7. The van der Waals surface area contributed by atoms with Crippen LogP contribution in [0.25, 0.3) is 60.6 Å². The van der Waals surface area contributed by atoms with E-state index in [1.807, 2.05) is 0 Å². The molecule has 4 heteroatoms. The monoisotopic (exact) mass is 536 g/mol. The molecule has 2 aliphatic rings. The van der Waals surface area contributed by atoms with Crippen LogP contribution in [0.1, 0.15) is 11.1 Å². The molecular formula is C38H25BN2O. The molecule has 0 spiro atoms. The third kappa shape index (κ3) is 2.63. The number of furan rings is 1. The summed E-state index contributed by atoms with van der Waals surface area (Å²) in [6, 6.07) is 42.2. The summed E-state index contributed by atoms with van der Waals surface area (Å²) in [5, 5.41) is 4.90. The molecule has 0 saturated carbocycles. The first kappa shape index (κ1) is 22.5. The number of fused-ring (bicyclic) bond motifs is 11. The number of aryl methyl sites for hydroxylation is 2. The Morgan fingerprint density at radius 1 is 0.619 bits per heavy atom. The molecule has 3 nitrogen and oxygen atoms in total. The fourth-order valence-electron chi connectivity index (χ4n) is 7.87. The van der Waals surface area contributed by atoms with Gasteiger partial charge in [-0.25, -0.2) is 0 Å². The summed E-state index contributed by atoms with van der Waals surface area (Å²) in [6.45, 7) is 4.44. The fourth-order valence-corrected chi connectivity index (χ4v) is 7.87. The van der Waals surface area contributed by atoms with Crippen LogP contribution in [0, 0.1) is 13.8 Å². The quantitative estimate of drug-likeness (QED) is 0.196. The Morgan fingerprint density at radius 3 is 2.31 bits per heavy atom. The molecule has 0 amide bonds. The van der Waals surface area contributed by atoms with Crippen molar-refractivity contribution in [3.05, 3.63) is 126 Å². The molecule has 2 aliphatic heterocycles. The predicted octanol–water partition coefficient (Wildman–Crippen LogP) is 8.54. The number of benzene rings is 6. The Kier molecular flexibility index (Phi) is 4.14. The van der Waals surface area contributed by atoms with Crippen LogP contribution in [0.3, 0.4) is 0 Å². The highest BCUT2D eigenvalue weighted by molar-refractivity contribution is 6.93. The van der Waals surface area contributed by atoms with E-state index in [1.165, 1.54) is 66.4 Å². The Bertz CT molecular complexity index is 2460. The molecule has 0 N–H and O–H groups in total. The van der Waals surface area contributed by atoms with Gasteiger partial charge in [-0.2, -0.15) is 0 Å². The molecule has 0 bridgehead atoms. The van der Waals surface area contributed by atoms with E-state index in [9.17, 15) is 0 Å². The molecule has 0 aliphatic carbocycles. The first-order chi connectivity index (χ1) is 20.7. The minimum atomic E-state index is -0.0106. The lowest BCUT2D eigenvalue weighted by Crippen LogP contribution is -2.60. The van der Waals surface area contributed by atoms with Gasteiger partial charge in [-0.1, -0.05) is 84.9 Å². The number of hydrogen-bond acceptors (Lipinski definition) is 2. The number of aromatic nitrogens is 1. The van der Waals surface area contributed by atoms with E-state index in [1.54, 1.807) is 0 Å². The molecule has 8 aromatic rings. The zero-order valence-electron chi connectivity index (χ0n) is 23.3. The molecule has 4 heterocycles. The largest absolute Gasteiger partial charge is 0.454 e. The second-order valence-electron chi connectivity index (χ2n) is 11.8. The van der Waals surface area contributed by atoms with Crippen LogP contribution in [0.5, 0.6) is 0 Å². The van der Waals surface area contributed by atoms with Crippen LogP contribution < -0.4 is 15.7 Å². The van der Waals surface area contributed by atoms with Crippen LogP contribution >= 0.6 is 0 Å². The Labute approximate surface area is 243 Å². The van der Waals surface area contributed by atoms with Gasteiger partial charge in [0.05, 0.1) is 16.7 Å². The molecule has 0 fully saturated rings. The topological polar surface area (TPSA) is 21.3 Å². The number of hydrogen-bond donors (Lipinski definition) is 0. The number of nitrogens with zero attached hydrogens (tertiary/aromatic N) is 2. The van der Waals surface area contributed by atoms with Gasteiger partial charge < -0.3 is 13.8 Å². The summed E-state index contributed by atoms with van der Waals surface area (Å²) in [5.74, 6) is 0. The number of rotatable bonds is 1. The van der Waals surface area contributed by atoms with Crippen molar-refractivity contribution in [1.82, 2.24) is 4.57 Å². The van der Waals surface area contributed by atoms with Gasteiger partial charge in [0.15, 0.2) is 5.58 Å². The molecule has 6 aromatic carbocycles. The Morgan fingerprint density at radius 2 is 1.40 bits per heavy atom. The van der Waals surface area contributed by atoms with E-state index in [0.29, 0.717) is 0 Å². The minimum absolute atomic E-state index is 0.0106. The van der Waals surface area contributed by atoms with Crippen LogP contribution in [-0.2, 0) is 0 Å². The maximum atomic E-state index is 6.77. The van der Waals surface area contributed by atoms with E-state index in [-0.39, 0.29) is 6.85 Å². The van der Waals surface area contributed by atoms with Crippen LogP contribution in [0.4, 0.5) is 11.4 Å². The van der Waals surface area contributed by atoms with Gasteiger partial charge in [0.25, 0.3) is 0 Å². The maximum Gasteiger partial charge on any atom is 0.333 e. The van der Waals surface area contributed by atoms with Crippen molar-refractivity contribution in [2.45, 2.75) is 13.8 Å². The summed E-state index contributed by atoms with van der Waals surface area (Å²) in [5.41, 5.74) is 15.7. The lowest BCUT2D eigenvalue weighted by atomic mass is 9.44. The molecule has 10 rings (SSSR count). The van der Waals surface area contributed by atoms with E-state index < -0.39 is 0 Å². The highest BCUT2D eigenvalue weighted by Crippen LogP contribution is 2.49. The predicted molar refractivity (Wildman–Crippen MR) is 177 cm³/mol. The fraction of sp³-hybridized carbons (Fsp3) is 0.0526. The molecule has 0 radical (unpaired) electrons. The highest BCUT2D eigenvalue weighted by atomic mass is 16.3. The van der Waals surface area contributed by atoms with E-state index in [2.05, 4.69) is 138 Å². The van der Waals surface area contributed by atoms with Crippen LogP contribution in [0.2, 0.25) is 0 Å². The minimum Gasteiger partial charge on any atom is -0.454 e. The van der Waals surface area contributed by atoms with Gasteiger partial charge in [-0.05, 0) is 71.8 Å². The molecule has 42 heavy (non-hydrogen) atoms. The smallest absolute Gasteiger partial charge is 0.333 e. The van der Waals surface area contributed by atoms with Gasteiger partial charge in [0, 0.05) is 38.5 Å². The van der Waals surface area contributed by atoms with Gasteiger partial charge >= 0.3 is 6.85 Å². The molecular weight excluding hydrogens is 511 g/mol. The lowest BCUT2D eigenvalue weighted by molar-refractivity contribution is 0.669. The van der Waals surface area contributed by atoms with Crippen molar-refractivity contribution in [3.8, 4) is 16.8 Å². The third-order valence-electron chi connectivity index (χ3n) is 9.52. The van der Waals surface area contributed by atoms with Crippen molar-refractivity contribution < 1.29 is 4.42 Å². The zero-order valence-corrected chi connectivity index (χ0v) is 23.3. The van der Waals surface area contributed by atoms with Crippen molar-refractivity contribution in [3.63, 3.8) is 0 Å². The summed E-state index contributed by atoms with van der Waals surface area (Å²) in [7, 11) is 0. The van der Waals surface area contributed by atoms with Gasteiger partial charge in [-0.3, -0.25) is 0 Å². The van der Waals surface area contributed by atoms with Crippen molar-refractivity contribution in [2.75, 3.05) is 4.81 Å². The molecule has 0 atom stereocenters. The van der Waals surface area contributed by atoms with Gasteiger partial charge in [0.1, 0.15) is 5.58 Å². The number of para-hydroxylation sites is 4. The van der Waals surface area contributed by atoms with Gasteiger partial charge in [-0.15, -0.1) is 0 Å². The summed E-state index contributed by atoms with van der Waals surface area (Å²) in [6.07, 6.45) is 0. The van der Waals surface area contributed by atoms with Crippen molar-refractivity contribution in [2.24, 2.45) is 0 Å². The average molecular weight is 536 g/mol. The lowest BCUT2D eigenvalue weighted by Gasteiger charge is -2.42. The molecule has 0 unspecified atom stereocenters. The first-order valence-corrected chi connectivity index (χ1v) is 14.7. The van der Waals surface area contributed by atoms with Crippen molar-refractivity contribution in [1.29, 1.82) is 0 Å². The van der Waals surface area contributed by atoms with Crippen LogP contribution in [0.15, 0.2) is 120 Å². The molecule has 0 saturated heterocycles. The standard InChI is InChI=1S/C38H25BN2O/c1-22-20-29-27-18-19-28-25-12-5-8-17-34(25)42-38(28)37(27)41(31-15-6-3-10-23(31)2)39-30-14-9-13-26-24-11-4-7-16-32(24)40(36(26)30)33(21-22)35(29)39/h3-21H,1-2H3. The maximum absolute atomic E-state index is 6.77. The molecule has 196 valence electrons. The second kappa shape index (κ2) is 7.74. The van der Waals surface area contributed by atoms with Crippen molar-refractivity contribution >= 4 is 72.9 Å². The Hall–Kier alpha value is -5.22. The average Bonchev–Trinajstić information content (AvgIpc) is 3.57. The Balaban J connectivity index is 1.45. The van der Waals surface area contributed by atoms with Gasteiger partial charge in [0.2, 0.25) is 0 Å². The highest BCUT2D eigenvalue weighted by Gasteiger charge is 2.45. The first-order valence-electron chi connectivity index (χ1n) is 14.7. The number of anilines is 2.